The summed E-state index contributed by atoms with van der Waals surface area (Å²) in [5.74, 6) is 0. The minimum absolute atomic E-state index is 0.461. The van der Waals surface area contributed by atoms with E-state index in [4.69, 9.17) is 21.1 Å². The number of ether oxygens (including phenoxy) is 2. The van der Waals surface area contributed by atoms with Crippen molar-refractivity contribution in [1.82, 2.24) is 10.2 Å². The molecule has 0 aliphatic rings. The minimum Gasteiger partial charge on any atom is -0.380 e. The van der Waals surface area contributed by atoms with Gasteiger partial charge in [0, 0.05) is 24.8 Å². The van der Waals surface area contributed by atoms with Crippen LogP contribution in [-0.2, 0) is 22.7 Å². The number of nitrogens with zero attached hydrogens (tertiary/aromatic N) is 2. The van der Waals surface area contributed by atoms with Crippen LogP contribution in [0.3, 0.4) is 0 Å². The number of halogens is 1. The SMILES string of the molecule is COCc1ccc(-c2ccc(Cl)c(COC)c2)nn1. The predicted octanol–water partition coefficient (Wildman–Crippen LogP) is 3.09. The monoisotopic (exact) mass is 278 g/mol. The van der Waals surface area contributed by atoms with Crippen molar-refractivity contribution in [3.8, 4) is 11.3 Å². The summed E-state index contributed by atoms with van der Waals surface area (Å²) in [6.45, 7) is 0.935. The van der Waals surface area contributed by atoms with E-state index in [9.17, 15) is 0 Å². The highest BCUT2D eigenvalue weighted by atomic mass is 35.5. The van der Waals surface area contributed by atoms with Crippen LogP contribution in [0.5, 0.6) is 0 Å². The van der Waals surface area contributed by atoms with Crippen molar-refractivity contribution in [2.24, 2.45) is 0 Å². The molecule has 0 N–H and O–H groups in total. The zero-order chi connectivity index (χ0) is 13.7. The van der Waals surface area contributed by atoms with Gasteiger partial charge in [-0.2, -0.15) is 10.2 Å². The van der Waals surface area contributed by atoms with Crippen LogP contribution in [0.2, 0.25) is 5.02 Å². The van der Waals surface area contributed by atoms with Gasteiger partial charge in [0.05, 0.1) is 24.6 Å². The Morgan fingerprint density at radius 1 is 1.00 bits per heavy atom. The Labute approximate surface area is 117 Å². The molecule has 0 saturated heterocycles. The van der Waals surface area contributed by atoms with Crippen LogP contribution >= 0.6 is 11.6 Å². The average Bonchev–Trinajstić information content (AvgIpc) is 2.43. The molecule has 100 valence electrons. The van der Waals surface area contributed by atoms with Gasteiger partial charge in [0.1, 0.15) is 0 Å². The van der Waals surface area contributed by atoms with Gasteiger partial charge in [-0.1, -0.05) is 17.7 Å². The largest absolute Gasteiger partial charge is 0.380 e. The quantitative estimate of drug-likeness (QED) is 0.843. The summed E-state index contributed by atoms with van der Waals surface area (Å²) in [5, 5.41) is 8.98. The fourth-order valence-electron chi connectivity index (χ4n) is 1.74. The molecule has 0 aliphatic carbocycles. The molecule has 1 aromatic heterocycles. The molecule has 0 saturated carbocycles. The lowest BCUT2D eigenvalue weighted by Crippen LogP contribution is -1.96. The molecule has 19 heavy (non-hydrogen) atoms. The van der Waals surface area contributed by atoms with Crippen LogP contribution in [-0.4, -0.2) is 24.4 Å². The molecule has 0 atom stereocenters. The highest BCUT2D eigenvalue weighted by Gasteiger charge is 2.06. The third-order valence-electron chi connectivity index (χ3n) is 2.65. The Balaban J connectivity index is 2.28. The van der Waals surface area contributed by atoms with E-state index in [1.54, 1.807) is 14.2 Å². The zero-order valence-electron chi connectivity index (χ0n) is 10.9. The van der Waals surface area contributed by atoms with E-state index < -0.39 is 0 Å². The van der Waals surface area contributed by atoms with Crippen LogP contribution in [0.1, 0.15) is 11.3 Å². The number of methoxy groups -OCH3 is 2. The van der Waals surface area contributed by atoms with Gasteiger partial charge < -0.3 is 9.47 Å². The van der Waals surface area contributed by atoms with Crippen molar-refractivity contribution in [3.63, 3.8) is 0 Å². The molecule has 1 aromatic carbocycles. The summed E-state index contributed by atoms with van der Waals surface area (Å²) in [4.78, 5) is 0. The molecule has 0 amide bonds. The lowest BCUT2D eigenvalue weighted by molar-refractivity contribution is 0.180. The topological polar surface area (TPSA) is 44.2 Å². The summed E-state index contributed by atoms with van der Waals surface area (Å²) >= 11 is 6.10. The zero-order valence-corrected chi connectivity index (χ0v) is 11.6. The molecule has 0 radical (unpaired) electrons. The molecule has 2 rings (SSSR count). The Morgan fingerprint density at radius 3 is 2.42 bits per heavy atom. The van der Waals surface area contributed by atoms with Gasteiger partial charge in [0.25, 0.3) is 0 Å². The first kappa shape index (κ1) is 13.9. The first-order valence-electron chi connectivity index (χ1n) is 5.84. The second-order valence-electron chi connectivity index (χ2n) is 4.08. The molecule has 0 unspecified atom stereocenters. The number of benzene rings is 1. The van der Waals surface area contributed by atoms with Crippen LogP contribution in [0.15, 0.2) is 30.3 Å². The lowest BCUT2D eigenvalue weighted by atomic mass is 10.1. The van der Waals surface area contributed by atoms with E-state index >= 15 is 0 Å². The van der Waals surface area contributed by atoms with E-state index in [2.05, 4.69) is 10.2 Å². The van der Waals surface area contributed by atoms with E-state index in [0.29, 0.717) is 18.2 Å². The number of rotatable bonds is 5. The van der Waals surface area contributed by atoms with Gasteiger partial charge in [-0.3, -0.25) is 0 Å². The number of hydrogen-bond donors (Lipinski definition) is 0. The minimum atomic E-state index is 0.461. The molecule has 0 fully saturated rings. The second-order valence-corrected chi connectivity index (χ2v) is 4.49. The van der Waals surface area contributed by atoms with Gasteiger partial charge in [-0.25, -0.2) is 0 Å². The average molecular weight is 279 g/mol. The Morgan fingerprint density at radius 2 is 1.79 bits per heavy atom. The van der Waals surface area contributed by atoms with Crippen molar-refractivity contribution in [2.45, 2.75) is 13.2 Å². The summed E-state index contributed by atoms with van der Waals surface area (Å²) in [5.41, 5.74) is 3.50. The predicted molar refractivity (Wildman–Crippen MR) is 73.9 cm³/mol. The van der Waals surface area contributed by atoms with Crippen LogP contribution in [0, 0.1) is 0 Å². The van der Waals surface area contributed by atoms with Crippen molar-refractivity contribution >= 4 is 11.6 Å². The molecular formula is C14H15ClN2O2. The van der Waals surface area contributed by atoms with Crippen LogP contribution in [0.4, 0.5) is 0 Å². The van der Waals surface area contributed by atoms with Crippen LogP contribution < -0.4 is 0 Å². The smallest absolute Gasteiger partial charge is 0.0930 e. The van der Waals surface area contributed by atoms with Crippen LogP contribution in [0.25, 0.3) is 11.3 Å². The summed E-state index contributed by atoms with van der Waals surface area (Å²) in [6.07, 6.45) is 0. The fraction of sp³-hybridized carbons (Fsp3) is 0.286. The van der Waals surface area contributed by atoms with E-state index in [1.807, 2.05) is 30.3 Å². The van der Waals surface area contributed by atoms with Crippen molar-refractivity contribution in [1.29, 1.82) is 0 Å². The van der Waals surface area contributed by atoms with E-state index in [-0.39, 0.29) is 0 Å². The van der Waals surface area contributed by atoms with E-state index in [0.717, 1.165) is 22.5 Å². The lowest BCUT2D eigenvalue weighted by Gasteiger charge is -2.07. The van der Waals surface area contributed by atoms with Gasteiger partial charge >= 0.3 is 0 Å². The number of aromatic nitrogens is 2. The molecule has 2 aromatic rings. The van der Waals surface area contributed by atoms with Gasteiger partial charge in [0.15, 0.2) is 0 Å². The summed E-state index contributed by atoms with van der Waals surface area (Å²) < 4.78 is 10.1. The third-order valence-corrected chi connectivity index (χ3v) is 3.02. The van der Waals surface area contributed by atoms with Gasteiger partial charge in [0.2, 0.25) is 0 Å². The van der Waals surface area contributed by atoms with Gasteiger partial charge in [-0.15, -0.1) is 0 Å². The fourth-order valence-corrected chi connectivity index (χ4v) is 1.91. The molecular weight excluding hydrogens is 264 g/mol. The van der Waals surface area contributed by atoms with E-state index in [1.165, 1.54) is 0 Å². The maximum atomic E-state index is 6.10. The van der Waals surface area contributed by atoms with Crippen molar-refractivity contribution in [2.75, 3.05) is 14.2 Å². The Hall–Kier alpha value is -1.49. The molecule has 0 spiro atoms. The first-order chi connectivity index (χ1) is 9.24. The molecule has 1 heterocycles. The van der Waals surface area contributed by atoms with Gasteiger partial charge in [-0.05, 0) is 29.8 Å². The highest BCUT2D eigenvalue weighted by molar-refractivity contribution is 6.31. The molecule has 4 nitrogen and oxygen atoms in total. The molecule has 5 heteroatoms. The summed E-state index contributed by atoms with van der Waals surface area (Å²) in [7, 11) is 3.27. The maximum Gasteiger partial charge on any atom is 0.0930 e. The van der Waals surface area contributed by atoms with Crippen molar-refractivity contribution < 1.29 is 9.47 Å². The summed E-state index contributed by atoms with van der Waals surface area (Å²) in [6, 6.07) is 9.54. The highest BCUT2D eigenvalue weighted by Crippen LogP contribution is 2.24. The first-order valence-corrected chi connectivity index (χ1v) is 6.21. The molecule has 0 aliphatic heterocycles. The van der Waals surface area contributed by atoms with Crippen molar-refractivity contribution in [3.05, 3.63) is 46.6 Å². The maximum absolute atomic E-state index is 6.10. The second kappa shape index (κ2) is 6.61. The Kier molecular flexibility index (Phi) is 4.85. The third kappa shape index (κ3) is 3.50. The Bertz CT molecular complexity index is 544. The standard InChI is InChI=1S/C14H15ClN2O2/c1-18-8-11-7-10(3-5-13(11)15)14-6-4-12(9-19-2)16-17-14/h3-7H,8-9H2,1-2H3. The molecule has 0 bridgehead atoms. The number of hydrogen-bond acceptors (Lipinski definition) is 4. The normalized spacial score (nSPS) is 10.7.